The lowest BCUT2D eigenvalue weighted by atomic mass is 10.1. The van der Waals surface area contributed by atoms with E-state index in [9.17, 15) is 4.79 Å². The number of nitrogens with one attached hydrogen (secondary N) is 1. The van der Waals surface area contributed by atoms with E-state index in [4.69, 9.17) is 5.11 Å². The highest BCUT2D eigenvalue weighted by Crippen LogP contribution is 2.34. The van der Waals surface area contributed by atoms with Crippen molar-refractivity contribution >= 4 is 32.1 Å². The molecule has 15 heavy (non-hydrogen) atoms. The second kappa shape index (κ2) is 4.06. The summed E-state index contributed by atoms with van der Waals surface area (Å²) in [7, 11) is 0. The van der Waals surface area contributed by atoms with Crippen LogP contribution in [0.15, 0.2) is 29.8 Å². The minimum Gasteiger partial charge on any atom is -0.478 e. The molecule has 0 radical (unpaired) electrons. The summed E-state index contributed by atoms with van der Waals surface area (Å²) in [5, 5.41) is 12.2. The van der Waals surface area contributed by atoms with E-state index in [1.165, 1.54) is 0 Å². The molecule has 0 bridgehead atoms. The molecule has 4 heteroatoms. The van der Waals surface area contributed by atoms with Crippen molar-refractivity contribution in [3.63, 3.8) is 0 Å². The first-order valence-corrected chi connectivity index (χ1v) is 5.44. The lowest BCUT2D eigenvalue weighted by molar-refractivity contribution is -0.132. The van der Waals surface area contributed by atoms with Crippen LogP contribution in [0.1, 0.15) is 12.0 Å². The Morgan fingerprint density at radius 2 is 2.13 bits per heavy atom. The van der Waals surface area contributed by atoms with Crippen molar-refractivity contribution in [2.45, 2.75) is 6.42 Å². The Morgan fingerprint density at radius 3 is 2.87 bits per heavy atom. The summed E-state index contributed by atoms with van der Waals surface area (Å²) < 4.78 is 0.676. The average Bonchev–Trinajstić information content (AvgIpc) is 2.39. The van der Waals surface area contributed by atoms with Gasteiger partial charge in [-0.1, -0.05) is 18.2 Å². The molecule has 78 valence electrons. The Kier molecular flexibility index (Phi) is 2.77. The van der Waals surface area contributed by atoms with Crippen LogP contribution in [0.5, 0.6) is 0 Å². The van der Waals surface area contributed by atoms with Crippen LogP contribution in [-0.2, 0) is 4.79 Å². The Bertz CT molecular complexity index is 440. The Hall–Kier alpha value is -1.29. The molecule has 1 aliphatic rings. The highest BCUT2D eigenvalue weighted by Gasteiger charge is 2.18. The van der Waals surface area contributed by atoms with Crippen molar-refractivity contribution in [2.75, 3.05) is 11.9 Å². The zero-order valence-electron chi connectivity index (χ0n) is 7.96. The van der Waals surface area contributed by atoms with Gasteiger partial charge in [0.05, 0.1) is 5.57 Å². The fraction of sp³-hybridized carbons (Fsp3) is 0.182. The molecular weight excluding hydrogens is 258 g/mol. The summed E-state index contributed by atoms with van der Waals surface area (Å²) >= 11 is 3.36. The molecule has 1 heterocycles. The number of carboxylic acids is 1. The fourth-order valence-corrected chi connectivity index (χ4v) is 2.34. The zero-order chi connectivity index (χ0) is 10.8. The fourth-order valence-electron chi connectivity index (χ4n) is 1.62. The van der Waals surface area contributed by atoms with Crippen LogP contribution in [-0.4, -0.2) is 17.6 Å². The largest absolute Gasteiger partial charge is 0.478 e. The first kappa shape index (κ1) is 10.2. The molecule has 0 spiro atoms. The van der Waals surface area contributed by atoms with Crippen LogP contribution in [0.4, 0.5) is 5.69 Å². The number of hydrogen-bond donors (Lipinski definition) is 2. The second-order valence-electron chi connectivity index (χ2n) is 3.32. The first-order chi connectivity index (χ1) is 7.20. The molecule has 1 aliphatic heterocycles. The van der Waals surface area contributed by atoms with Gasteiger partial charge in [-0.2, -0.15) is 0 Å². The van der Waals surface area contributed by atoms with E-state index in [1.807, 2.05) is 24.3 Å². The van der Waals surface area contributed by atoms with Gasteiger partial charge < -0.3 is 10.4 Å². The first-order valence-electron chi connectivity index (χ1n) is 4.65. The molecule has 0 amide bonds. The van der Waals surface area contributed by atoms with E-state index in [1.54, 1.807) is 0 Å². The summed E-state index contributed by atoms with van der Waals surface area (Å²) in [6.45, 7) is 0.647. The molecule has 0 aromatic heterocycles. The Labute approximate surface area is 95.9 Å². The summed E-state index contributed by atoms with van der Waals surface area (Å²) in [6, 6.07) is 7.67. The monoisotopic (exact) mass is 267 g/mol. The van der Waals surface area contributed by atoms with E-state index >= 15 is 0 Å². The minimum atomic E-state index is -0.861. The highest BCUT2D eigenvalue weighted by molar-refractivity contribution is 9.15. The zero-order valence-corrected chi connectivity index (χ0v) is 9.54. The summed E-state index contributed by atoms with van der Waals surface area (Å²) in [6.07, 6.45) is 0.518. The van der Waals surface area contributed by atoms with Gasteiger partial charge in [-0.3, -0.25) is 0 Å². The predicted octanol–water partition coefficient (Wildman–Crippen LogP) is 2.69. The summed E-state index contributed by atoms with van der Waals surface area (Å²) in [5.74, 6) is -0.861. The average molecular weight is 268 g/mol. The van der Waals surface area contributed by atoms with Crippen molar-refractivity contribution in [2.24, 2.45) is 0 Å². The van der Waals surface area contributed by atoms with Gasteiger partial charge in [-0.15, -0.1) is 0 Å². The van der Waals surface area contributed by atoms with Crippen molar-refractivity contribution in [3.8, 4) is 0 Å². The third-order valence-electron chi connectivity index (χ3n) is 2.38. The van der Waals surface area contributed by atoms with E-state index in [0.717, 1.165) is 11.3 Å². The smallest absolute Gasteiger partial charge is 0.332 e. The van der Waals surface area contributed by atoms with E-state index in [2.05, 4.69) is 21.2 Å². The molecule has 0 atom stereocenters. The van der Waals surface area contributed by atoms with Gasteiger partial charge >= 0.3 is 5.97 Å². The number of benzene rings is 1. The molecule has 0 fully saturated rings. The third kappa shape index (κ3) is 1.90. The molecule has 0 saturated heterocycles. The number of carbonyl (C=O) groups is 1. The third-order valence-corrected chi connectivity index (χ3v) is 3.28. The highest BCUT2D eigenvalue weighted by atomic mass is 79.9. The number of anilines is 1. The number of aliphatic carboxylic acids is 1. The normalized spacial score (nSPS) is 15.3. The molecule has 3 nitrogen and oxygen atoms in total. The lowest BCUT2D eigenvalue weighted by Gasteiger charge is -2.06. The van der Waals surface area contributed by atoms with Gasteiger partial charge in [0, 0.05) is 22.3 Å². The standard InChI is InChI=1S/C11H10BrNO2/c12-10-7-3-1-2-4-9(7)13-6-5-8(10)11(14)15/h1-4,13H,5-6H2,(H,14,15). The number of hydrogen-bond acceptors (Lipinski definition) is 2. The molecular formula is C11H10BrNO2. The van der Waals surface area contributed by atoms with E-state index in [-0.39, 0.29) is 0 Å². The molecule has 2 N–H and O–H groups in total. The molecule has 0 saturated carbocycles. The molecule has 0 unspecified atom stereocenters. The van der Waals surface area contributed by atoms with Crippen LogP contribution in [0.25, 0.3) is 4.48 Å². The van der Waals surface area contributed by atoms with Gasteiger partial charge in [0.15, 0.2) is 0 Å². The molecule has 1 aromatic carbocycles. The number of rotatable bonds is 1. The second-order valence-corrected chi connectivity index (χ2v) is 4.11. The lowest BCUT2D eigenvalue weighted by Crippen LogP contribution is -2.05. The SMILES string of the molecule is O=C(O)C1=C(Br)c2ccccc2NCC1. The van der Waals surface area contributed by atoms with Gasteiger partial charge in [0.2, 0.25) is 0 Å². The van der Waals surface area contributed by atoms with Crippen LogP contribution in [0, 0.1) is 0 Å². The number of carboxylic acid groups (broad SMARTS) is 1. The maximum absolute atomic E-state index is 11.0. The topological polar surface area (TPSA) is 49.3 Å². The van der Waals surface area contributed by atoms with Crippen LogP contribution >= 0.6 is 15.9 Å². The van der Waals surface area contributed by atoms with Crippen LogP contribution in [0.3, 0.4) is 0 Å². The van der Waals surface area contributed by atoms with Crippen LogP contribution < -0.4 is 5.32 Å². The summed E-state index contributed by atoms with van der Waals surface area (Å²) in [4.78, 5) is 11.0. The maximum Gasteiger partial charge on any atom is 0.332 e. The van der Waals surface area contributed by atoms with Gasteiger partial charge in [-0.05, 0) is 28.4 Å². The van der Waals surface area contributed by atoms with Gasteiger partial charge in [0.25, 0.3) is 0 Å². The molecule has 1 aromatic rings. The number of fused-ring (bicyclic) bond motifs is 1. The Balaban J connectivity index is 2.57. The summed E-state index contributed by atoms with van der Waals surface area (Å²) in [5.41, 5.74) is 2.31. The van der Waals surface area contributed by atoms with Crippen molar-refractivity contribution in [1.29, 1.82) is 0 Å². The van der Waals surface area contributed by atoms with Crippen LogP contribution in [0.2, 0.25) is 0 Å². The van der Waals surface area contributed by atoms with Crippen molar-refractivity contribution < 1.29 is 9.90 Å². The molecule has 2 rings (SSSR count). The quantitative estimate of drug-likeness (QED) is 0.823. The van der Waals surface area contributed by atoms with Crippen molar-refractivity contribution in [3.05, 3.63) is 35.4 Å². The number of halogens is 1. The number of para-hydroxylation sites is 1. The van der Waals surface area contributed by atoms with E-state index < -0.39 is 5.97 Å². The van der Waals surface area contributed by atoms with E-state index in [0.29, 0.717) is 23.0 Å². The minimum absolute atomic E-state index is 0.424. The molecule has 0 aliphatic carbocycles. The maximum atomic E-state index is 11.0. The Morgan fingerprint density at radius 1 is 1.40 bits per heavy atom. The van der Waals surface area contributed by atoms with Crippen molar-refractivity contribution in [1.82, 2.24) is 0 Å². The predicted molar refractivity (Wildman–Crippen MR) is 63.0 cm³/mol. The van der Waals surface area contributed by atoms with Gasteiger partial charge in [0.1, 0.15) is 0 Å². The van der Waals surface area contributed by atoms with Gasteiger partial charge in [-0.25, -0.2) is 4.79 Å².